The number of carbonyl (C=O) groups excluding carboxylic acids is 2. The first kappa shape index (κ1) is 21.5. The fourth-order valence-electron chi connectivity index (χ4n) is 3.51. The Morgan fingerprint density at radius 2 is 2.20 bits per heavy atom. The molecule has 1 aliphatic heterocycles. The SMILES string of the molecule is Cc1cc(C(=O)N2CCCC2C(=O)NCCCOCc2ccco2)ccc1[N+](=O)[O-]. The lowest BCUT2D eigenvalue weighted by molar-refractivity contribution is -0.385. The number of carbonyl (C=O) groups is 2. The van der Waals surface area contributed by atoms with Gasteiger partial charge in [0, 0.05) is 36.9 Å². The van der Waals surface area contributed by atoms with E-state index in [0.717, 1.165) is 12.2 Å². The van der Waals surface area contributed by atoms with Crippen LogP contribution in [0.15, 0.2) is 41.0 Å². The quantitative estimate of drug-likeness (QED) is 0.383. The average Bonchev–Trinajstić information content (AvgIpc) is 3.41. The van der Waals surface area contributed by atoms with Crippen molar-refractivity contribution in [3.05, 3.63) is 63.6 Å². The lowest BCUT2D eigenvalue weighted by Gasteiger charge is -2.24. The van der Waals surface area contributed by atoms with Crippen molar-refractivity contribution in [1.29, 1.82) is 0 Å². The molecule has 0 spiro atoms. The number of nitrogens with one attached hydrogen (secondary N) is 1. The lowest BCUT2D eigenvalue weighted by atomic mass is 10.1. The van der Waals surface area contributed by atoms with Crippen LogP contribution in [0.1, 0.15) is 40.9 Å². The van der Waals surface area contributed by atoms with Gasteiger partial charge >= 0.3 is 0 Å². The number of amides is 2. The fraction of sp³-hybridized carbons (Fsp3) is 0.429. The molecular formula is C21H25N3O6. The van der Waals surface area contributed by atoms with Gasteiger partial charge < -0.3 is 19.4 Å². The number of likely N-dealkylation sites (tertiary alicyclic amines) is 1. The second kappa shape index (κ2) is 10.0. The molecule has 3 rings (SSSR count). The first-order chi connectivity index (χ1) is 14.5. The zero-order valence-electron chi connectivity index (χ0n) is 16.8. The number of furan rings is 1. The summed E-state index contributed by atoms with van der Waals surface area (Å²) in [5, 5.41) is 13.8. The maximum atomic E-state index is 12.9. The highest BCUT2D eigenvalue weighted by Gasteiger charge is 2.34. The van der Waals surface area contributed by atoms with Crippen molar-refractivity contribution in [1.82, 2.24) is 10.2 Å². The number of benzene rings is 1. The minimum atomic E-state index is -0.531. The fourth-order valence-corrected chi connectivity index (χ4v) is 3.51. The molecule has 0 bridgehead atoms. The monoisotopic (exact) mass is 415 g/mol. The minimum absolute atomic E-state index is 0.0310. The minimum Gasteiger partial charge on any atom is -0.467 e. The van der Waals surface area contributed by atoms with Crippen molar-refractivity contribution < 1.29 is 23.7 Å². The molecule has 1 aromatic heterocycles. The average molecular weight is 415 g/mol. The van der Waals surface area contributed by atoms with Gasteiger partial charge in [-0.25, -0.2) is 0 Å². The molecule has 1 fully saturated rings. The summed E-state index contributed by atoms with van der Waals surface area (Å²) in [5.41, 5.74) is 0.737. The molecular weight excluding hydrogens is 390 g/mol. The summed E-state index contributed by atoms with van der Waals surface area (Å²) in [7, 11) is 0. The van der Waals surface area contributed by atoms with Gasteiger partial charge in [-0.2, -0.15) is 0 Å². The second-order valence-electron chi connectivity index (χ2n) is 7.19. The summed E-state index contributed by atoms with van der Waals surface area (Å²) in [6.07, 6.45) is 3.57. The summed E-state index contributed by atoms with van der Waals surface area (Å²) >= 11 is 0. The number of nitro benzene ring substituents is 1. The van der Waals surface area contributed by atoms with Crippen LogP contribution in [0, 0.1) is 17.0 Å². The van der Waals surface area contributed by atoms with E-state index in [4.69, 9.17) is 9.15 Å². The van der Waals surface area contributed by atoms with Gasteiger partial charge in [-0.05, 0) is 50.5 Å². The van der Waals surface area contributed by atoms with Crippen LogP contribution in [-0.2, 0) is 16.1 Å². The molecule has 1 aromatic carbocycles. The van der Waals surface area contributed by atoms with Gasteiger partial charge in [-0.15, -0.1) is 0 Å². The first-order valence-corrected chi connectivity index (χ1v) is 9.91. The van der Waals surface area contributed by atoms with E-state index in [9.17, 15) is 19.7 Å². The Morgan fingerprint density at radius 3 is 2.90 bits per heavy atom. The molecule has 2 heterocycles. The van der Waals surface area contributed by atoms with Gasteiger partial charge in [0.05, 0.1) is 11.2 Å². The van der Waals surface area contributed by atoms with E-state index in [1.54, 1.807) is 24.2 Å². The molecule has 0 aliphatic carbocycles. The van der Waals surface area contributed by atoms with Crippen LogP contribution in [0.4, 0.5) is 5.69 Å². The standard InChI is InChI=1S/C21H25N3O6/c1-15-13-16(7-8-18(15)24(27)28)21(26)23-10-2-6-19(23)20(25)22-9-4-11-29-14-17-5-3-12-30-17/h3,5,7-8,12-13,19H,2,4,6,9-11,14H2,1H3,(H,22,25). The molecule has 2 amide bonds. The molecule has 2 aromatic rings. The van der Waals surface area contributed by atoms with Crippen LogP contribution in [0.25, 0.3) is 0 Å². The summed E-state index contributed by atoms with van der Waals surface area (Å²) in [4.78, 5) is 37.5. The van der Waals surface area contributed by atoms with Crippen molar-refractivity contribution in [3.63, 3.8) is 0 Å². The number of nitrogens with zero attached hydrogens (tertiary/aromatic N) is 2. The van der Waals surface area contributed by atoms with Gasteiger partial charge in [-0.3, -0.25) is 19.7 Å². The van der Waals surface area contributed by atoms with E-state index >= 15 is 0 Å². The number of aryl methyl sites for hydroxylation is 1. The van der Waals surface area contributed by atoms with Crippen molar-refractivity contribution in [2.24, 2.45) is 0 Å². The van der Waals surface area contributed by atoms with Crippen LogP contribution < -0.4 is 5.32 Å². The second-order valence-corrected chi connectivity index (χ2v) is 7.19. The Bertz CT molecular complexity index is 896. The summed E-state index contributed by atoms with van der Waals surface area (Å²) < 4.78 is 10.7. The third-order valence-corrected chi connectivity index (χ3v) is 5.05. The third kappa shape index (κ3) is 5.24. The van der Waals surface area contributed by atoms with Crippen molar-refractivity contribution in [3.8, 4) is 0 Å². The number of nitro groups is 1. The maximum Gasteiger partial charge on any atom is 0.272 e. The summed E-state index contributed by atoms with van der Waals surface area (Å²) in [6.45, 7) is 3.40. The van der Waals surface area contributed by atoms with Gasteiger partial charge in [0.2, 0.25) is 5.91 Å². The maximum absolute atomic E-state index is 12.9. The lowest BCUT2D eigenvalue weighted by Crippen LogP contribution is -2.46. The molecule has 1 N–H and O–H groups in total. The van der Waals surface area contributed by atoms with E-state index in [-0.39, 0.29) is 17.5 Å². The molecule has 0 saturated carbocycles. The van der Waals surface area contributed by atoms with Crippen LogP contribution in [-0.4, -0.2) is 47.4 Å². The molecule has 9 heteroatoms. The first-order valence-electron chi connectivity index (χ1n) is 9.91. The van der Waals surface area contributed by atoms with E-state index in [1.807, 2.05) is 6.07 Å². The molecule has 30 heavy (non-hydrogen) atoms. The van der Waals surface area contributed by atoms with E-state index in [2.05, 4.69) is 5.32 Å². The molecule has 160 valence electrons. The predicted molar refractivity (Wildman–Crippen MR) is 108 cm³/mol. The normalized spacial score (nSPS) is 15.9. The van der Waals surface area contributed by atoms with Gasteiger partial charge in [0.25, 0.3) is 11.6 Å². The summed E-state index contributed by atoms with van der Waals surface area (Å²) in [5.74, 6) is 0.276. The molecule has 1 aliphatic rings. The number of hydrogen-bond acceptors (Lipinski definition) is 6. The Kier molecular flexibility index (Phi) is 7.18. The highest BCUT2D eigenvalue weighted by atomic mass is 16.6. The number of rotatable bonds is 9. The molecule has 0 radical (unpaired) electrons. The number of hydrogen-bond donors (Lipinski definition) is 1. The van der Waals surface area contributed by atoms with Crippen molar-refractivity contribution >= 4 is 17.5 Å². The Balaban J connectivity index is 1.48. The Labute approximate surface area is 174 Å². The van der Waals surface area contributed by atoms with Crippen LogP contribution in [0.2, 0.25) is 0 Å². The summed E-state index contributed by atoms with van der Waals surface area (Å²) in [6, 6.07) is 7.38. The van der Waals surface area contributed by atoms with E-state index in [1.165, 1.54) is 18.2 Å². The molecule has 1 unspecified atom stereocenters. The molecule has 9 nitrogen and oxygen atoms in total. The van der Waals surface area contributed by atoms with E-state index < -0.39 is 11.0 Å². The highest BCUT2D eigenvalue weighted by molar-refractivity contribution is 5.98. The topological polar surface area (TPSA) is 115 Å². The van der Waals surface area contributed by atoms with Crippen LogP contribution in [0.5, 0.6) is 0 Å². The van der Waals surface area contributed by atoms with E-state index in [0.29, 0.717) is 50.3 Å². The molecule has 1 saturated heterocycles. The Hall–Kier alpha value is -3.20. The van der Waals surface area contributed by atoms with Gasteiger partial charge in [-0.1, -0.05) is 0 Å². The van der Waals surface area contributed by atoms with Gasteiger partial charge in [0.1, 0.15) is 18.4 Å². The van der Waals surface area contributed by atoms with Crippen LogP contribution >= 0.6 is 0 Å². The zero-order chi connectivity index (χ0) is 21.5. The van der Waals surface area contributed by atoms with Crippen LogP contribution in [0.3, 0.4) is 0 Å². The highest BCUT2D eigenvalue weighted by Crippen LogP contribution is 2.24. The van der Waals surface area contributed by atoms with Crippen molar-refractivity contribution in [2.75, 3.05) is 19.7 Å². The largest absolute Gasteiger partial charge is 0.467 e. The third-order valence-electron chi connectivity index (χ3n) is 5.05. The molecule has 1 atom stereocenters. The Morgan fingerprint density at radius 1 is 1.37 bits per heavy atom. The number of ether oxygens (including phenoxy) is 1. The van der Waals surface area contributed by atoms with Crippen molar-refractivity contribution in [2.45, 2.75) is 38.8 Å². The zero-order valence-corrected chi connectivity index (χ0v) is 16.8. The predicted octanol–water partition coefficient (Wildman–Crippen LogP) is 2.82. The van der Waals surface area contributed by atoms with Gasteiger partial charge in [0.15, 0.2) is 0 Å². The smallest absolute Gasteiger partial charge is 0.272 e.